The first-order chi connectivity index (χ1) is 7.24. The van der Waals surface area contributed by atoms with Crippen LogP contribution in [-0.2, 0) is 9.59 Å². The van der Waals surface area contributed by atoms with Crippen molar-refractivity contribution in [1.29, 1.82) is 0 Å². The Morgan fingerprint density at radius 1 is 1.27 bits per heavy atom. The van der Waals surface area contributed by atoms with Gasteiger partial charge in [0.15, 0.2) is 0 Å². The number of carbonyl (C=O) groups is 2. The largest absolute Gasteiger partial charge is 0.396 e. The highest BCUT2D eigenvalue weighted by Gasteiger charge is 2.39. The van der Waals surface area contributed by atoms with Crippen LogP contribution in [0, 0.1) is 5.92 Å². The molecule has 1 saturated heterocycles. The molecule has 0 spiro atoms. The van der Waals surface area contributed by atoms with E-state index in [9.17, 15) is 14.7 Å². The Morgan fingerprint density at radius 2 is 1.93 bits per heavy atom. The number of thioether (sulfide) groups is 1. The third-order valence-corrected chi connectivity index (χ3v) is 4.08. The molecule has 1 aliphatic heterocycles. The van der Waals surface area contributed by atoms with E-state index in [2.05, 4.69) is 0 Å². The van der Waals surface area contributed by atoms with Gasteiger partial charge in [0.1, 0.15) is 0 Å². The van der Waals surface area contributed by atoms with Gasteiger partial charge in [-0.1, -0.05) is 6.42 Å². The van der Waals surface area contributed by atoms with Gasteiger partial charge in [-0.3, -0.25) is 14.5 Å². The third-order valence-electron chi connectivity index (χ3n) is 3.17. The molecule has 0 aromatic heterocycles. The zero-order chi connectivity index (χ0) is 10.8. The van der Waals surface area contributed by atoms with Crippen molar-refractivity contribution in [2.45, 2.75) is 25.3 Å². The van der Waals surface area contributed by atoms with Crippen LogP contribution >= 0.6 is 11.8 Å². The molecule has 1 saturated carbocycles. The molecule has 0 aromatic carbocycles. The highest BCUT2D eigenvalue weighted by Crippen LogP contribution is 2.31. The van der Waals surface area contributed by atoms with Crippen LogP contribution in [0.3, 0.4) is 0 Å². The highest BCUT2D eigenvalue weighted by atomic mass is 32.2. The van der Waals surface area contributed by atoms with E-state index < -0.39 is 0 Å². The molecule has 4 nitrogen and oxygen atoms in total. The Hall–Kier alpha value is -0.550. The molecule has 1 N–H and O–H groups in total. The zero-order valence-corrected chi connectivity index (χ0v) is 9.33. The molecule has 0 bridgehead atoms. The molecular weight excluding hydrogens is 214 g/mol. The van der Waals surface area contributed by atoms with Crippen LogP contribution in [0.15, 0.2) is 0 Å². The lowest BCUT2D eigenvalue weighted by Gasteiger charge is -2.33. The first-order valence-electron chi connectivity index (χ1n) is 5.27. The van der Waals surface area contributed by atoms with Gasteiger partial charge >= 0.3 is 0 Å². The molecule has 2 unspecified atom stereocenters. The molecule has 2 aliphatic rings. The number of nitrogens with zero attached hydrogens (tertiary/aromatic N) is 1. The summed E-state index contributed by atoms with van der Waals surface area (Å²) >= 11 is 1.38. The summed E-state index contributed by atoms with van der Waals surface area (Å²) in [6, 6.07) is -0.0455. The number of aliphatic hydroxyl groups excluding tert-OH is 1. The Bertz CT molecular complexity index is 266. The normalized spacial score (nSPS) is 32.5. The van der Waals surface area contributed by atoms with E-state index in [4.69, 9.17) is 0 Å². The lowest BCUT2D eigenvalue weighted by atomic mass is 10.0. The van der Waals surface area contributed by atoms with Crippen LogP contribution in [0.5, 0.6) is 0 Å². The van der Waals surface area contributed by atoms with E-state index >= 15 is 0 Å². The molecule has 15 heavy (non-hydrogen) atoms. The quantitative estimate of drug-likeness (QED) is 0.690. The SMILES string of the molecule is O=C1CSCC(=O)N1C1CCCC1CO. The minimum atomic E-state index is -0.0819. The maximum Gasteiger partial charge on any atom is 0.239 e. The van der Waals surface area contributed by atoms with Gasteiger partial charge in [-0.15, -0.1) is 11.8 Å². The van der Waals surface area contributed by atoms with Crippen LogP contribution in [0.1, 0.15) is 19.3 Å². The summed E-state index contributed by atoms with van der Waals surface area (Å²) in [6.45, 7) is 0.0782. The molecule has 1 heterocycles. The van der Waals surface area contributed by atoms with Gasteiger partial charge in [-0.25, -0.2) is 0 Å². The molecule has 84 valence electrons. The fourth-order valence-electron chi connectivity index (χ4n) is 2.44. The molecular formula is C10H15NO3S. The molecule has 1 aliphatic carbocycles. The van der Waals surface area contributed by atoms with Crippen molar-refractivity contribution in [3.8, 4) is 0 Å². The lowest BCUT2D eigenvalue weighted by molar-refractivity contribution is -0.146. The lowest BCUT2D eigenvalue weighted by Crippen LogP contribution is -2.51. The summed E-state index contributed by atoms with van der Waals surface area (Å²) in [5.74, 6) is 0.741. The topological polar surface area (TPSA) is 57.6 Å². The van der Waals surface area contributed by atoms with E-state index in [1.165, 1.54) is 16.7 Å². The number of hydrogen-bond acceptors (Lipinski definition) is 4. The number of hydrogen-bond donors (Lipinski definition) is 1. The number of carbonyl (C=O) groups excluding carboxylic acids is 2. The van der Waals surface area contributed by atoms with Crippen LogP contribution in [-0.4, -0.2) is 46.0 Å². The van der Waals surface area contributed by atoms with E-state index in [0.29, 0.717) is 11.5 Å². The predicted octanol–water partition coefficient (Wildman–Crippen LogP) is 0.249. The molecule has 0 aromatic rings. The van der Waals surface area contributed by atoms with E-state index in [0.717, 1.165) is 19.3 Å². The second-order valence-electron chi connectivity index (χ2n) is 4.09. The van der Waals surface area contributed by atoms with Crippen molar-refractivity contribution in [3.05, 3.63) is 0 Å². The van der Waals surface area contributed by atoms with Crippen LogP contribution < -0.4 is 0 Å². The Balaban J connectivity index is 2.13. The maximum absolute atomic E-state index is 11.7. The first kappa shape index (κ1) is 11.0. The number of amides is 2. The second kappa shape index (κ2) is 4.53. The smallest absolute Gasteiger partial charge is 0.239 e. The Labute approximate surface area is 93.0 Å². The summed E-state index contributed by atoms with van der Waals surface area (Å²) in [5.41, 5.74) is 0. The first-order valence-corrected chi connectivity index (χ1v) is 6.43. The van der Waals surface area contributed by atoms with Gasteiger partial charge in [0.25, 0.3) is 0 Å². The van der Waals surface area contributed by atoms with Crippen LogP contribution in [0.4, 0.5) is 0 Å². The van der Waals surface area contributed by atoms with E-state index in [1.54, 1.807) is 0 Å². The van der Waals surface area contributed by atoms with Crippen LogP contribution in [0.25, 0.3) is 0 Å². The van der Waals surface area contributed by atoms with E-state index in [1.807, 2.05) is 0 Å². The van der Waals surface area contributed by atoms with Gasteiger partial charge in [0.2, 0.25) is 11.8 Å². The molecule has 2 amide bonds. The summed E-state index contributed by atoms with van der Waals surface area (Å²) in [5, 5.41) is 9.19. The Morgan fingerprint density at radius 3 is 2.53 bits per heavy atom. The van der Waals surface area contributed by atoms with Gasteiger partial charge in [0, 0.05) is 18.6 Å². The summed E-state index contributed by atoms with van der Waals surface area (Å²) in [4.78, 5) is 24.7. The fraction of sp³-hybridized carbons (Fsp3) is 0.800. The molecule has 2 atom stereocenters. The number of rotatable bonds is 2. The standard InChI is InChI=1S/C10H15NO3S/c12-4-7-2-1-3-8(7)11-9(13)5-15-6-10(11)14/h7-8,12H,1-6H2. The summed E-state index contributed by atoms with van der Waals surface area (Å²) in [6.07, 6.45) is 2.78. The van der Waals surface area contributed by atoms with Gasteiger partial charge in [-0.2, -0.15) is 0 Å². The van der Waals surface area contributed by atoms with E-state index in [-0.39, 0.29) is 30.4 Å². The molecule has 2 rings (SSSR count). The average Bonchev–Trinajstić information content (AvgIpc) is 2.65. The molecule has 5 heteroatoms. The average molecular weight is 229 g/mol. The van der Waals surface area contributed by atoms with Crippen molar-refractivity contribution < 1.29 is 14.7 Å². The second-order valence-corrected chi connectivity index (χ2v) is 5.08. The Kier molecular flexibility index (Phi) is 3.31. The fourth-order valence-corrected chi connectivity index (χ4v) is 3.17. The minimum Gasteiger partial charge on any atom is -0.396 e. The maximum atomic E-state index is 11.7. The highest BCUT2D eigenvalue weighted by molar-refractivity contribution is 8.00. The van der Waals surface area contributed by atoms with Crippen LogP contribution in [0.2, 0.25) is 0 Å². The zero-order valence-electron chi connectivity index (χ0n) is 8.52. The van der Waals surface area contributed by atoms with Crippen molar-refractivity contribution in [3.63, 3.8) is 0 Å². The van der Waals surface area contributed by atoms with Crippen molar-refractivity contribution in [1.82, 2.24) is 4.90 Å². The molecule has 0 radical (unpaired) electrons. The van der Waals surface area contributed by atoms with Crippen molar-refractivity contribution in [2.75, 3.05) is 18.1 Å². The van der Waals surface area contributed by atoms with Gasteiger partial charge in [-0.05, 0) is 12.8 Å². The summed E-state index contributed by atoms with van der Waals surface area (Å²) < 4.78 is 0. The predicted molar refractivity (Wildman–Crippen MR) is 57.4 cm³/mol. The molecule has 2 fully saturated rings. The number of imide groups is 1. The monoisotopic (exact) mass is 229 g/mol. The number of aliphatic hydroxyl groups is 1. The summed E-state index contributed by atoms with van der Waals surface area (Å²) in [7, 11) is 0. The third kappa shape index (κ3) is 2.03. The van der Waals surface area contributed by atoms with Crippen molar-refractivity contribution >= 4 is 23.6 Å². The van der Waals surface area contributed by atoms with Crippen molar-refractivity contribution in [2.24, 2.45) is 5.92 Å². The minimum absolute atomic E-state index is 0.0455. The van der Waals surface area contributed by atoms with Gasteiger partial charge in [0.05, 0.1) is 11.5 Å². The van der Waals surface area contributed by atoms with Gasteiger partial charge < -0.3 is 5.11 Å².